The molecule has 4 N–H and O–H groups in total. The molecule has 0 unspecified atom stereocenters. The largest absolute Gasteiger partial charge is 0.492 e. The van der Waals surface area contributed by atoms with Crippen LogP contribution in [0.15, 0.2) is 97.3 Å². The number of aromatic nitrogens is 12. The van der Waals surface area contributed by atoms with Crippen LogP contribution in [0.5, 0.6) is 5.75 Å². The Morgan fingerprint density at radius 2 is 0.972 bits per heavy atom. The van der Waals surface area contributed by atoms with Gasteiger partial charge < -0.3 is 16.2 Å². The molecule has 8 rings (SSSR count). The zero-order chi connectivity index (χ0) is 52.6. The van der Waals surface area contributed by atoms with Gasteiger partial charge in [-0.3, -0.25) is 9.97 Å². The van der Waals surface area contributed by atoms with Gasteiger partial charge in [-0.2, -0.15) is 29.7 Å². The van der Waals surface area contributed by atoms with Crippen molar-refractivity contribution in [2.45, 2.75) is 72.4 Å². The first-order valence-electron chi connectivity index (χ1n) is 21.7. The van der Waals surface area contributed by atoms with Crippen molar-refractivity contribution in [3.05, 3.63) is 137 Å². The Kier molecular flexibility index (Phi) is 17.7. The van der Waals surface area contributed by atoms with Gasteiger partial charge in [0.05, 0.1) is 77.4 Å². The number of hydrogen-bond acceptors (Lipinski definition) is 19. The Hall–Kier alpha value is -9.75. The van der Waals surface area contributed by atoms with Crippen molar-refractivity contribution >= 4 is 24.2 Å². The number of nitrogen functional groups attached to an aromatic ring is 2. The zero-order valence-electron chi connectivity index (χ0n) is 40.2. The molecule has 6 aromatic heterocycles. The Morgan fingerprint density at radius 1 is 0.569 bits per heavy atom. The van der Waals surface area contributed by atoms with Gasteiger partial charge in [0.25, 0.3) is 0 Å². The van der Waals surface area contributed by atoms with Crippen molar-refractivity contribution in [1.29, 1.82) is 10.5 Å². The van der Waals surface area contributed by atoms with Gasteiger partial charge in [-0.15, -0.1) is 10.2 Å². The number of hydrogen-bond donors (Lipinski definition) is 2. The van der Waals surface area contributed by atoms with Crippen LogP contribution in [0.3, 0.4) is 0 Å². The fourth-order valence-corrected chi connectivity index (χ4v) is 6.70. The number of halogens is 1. The van der Waals surface area contributed by atoms with E-state index in [-0.39, 0.29) is 51.9 Å². The summed E-state index contributed by atoms with van der Waals surface area (Å²) in [7, 11) is 0. The lowest BCUT2D eigenvalue weighted by Crippen LogP contribution is -2.15. The van der Waals surface area contributed by atoms with E-state index in [1.165, 1.54) is 12.1 Å². The van der Waals surface area contributed by atoms with Gasteiger partial charge in [0.2, 0.25) is 11.9 Å². The maximum absolute atomic E-state index is 14.6. The summed E-state index contributed by atoms with van der Waals surface area (Å²) >= 11 is 0. The van der Waals surface area contributed by atoms with E-state index >= 15 is 0 Å². The highest BCUT2D eigenvalue weighted by Gasteiger charge is 2.20. The Labute approximate surface area is 412 Å². The van der Waals surface area contributed by atoms with Crippen molar-refractivity contribution in [3.8, 4) is 63.2 Å². The van der Waals surface area contributed by atoms with E-state index in [9.17, 15) is 9.65 Å². The SMILES string of the molecule is CC(C)(C)c1cccc(Cn2cc(-c3cc(-c4cccc(C#N)c4F)nc(N)n3)nn2)n1.CCOc1c(C#N)cccc1-c1cc(-c2cn(Cc3cccc(C(C)(C)C)n3)nn2)nc(N)n1.O=C=O.O=C=O. The van der Waals surface area contributed by atoms with Crippen LogP contribution in [0, 0.1) is 28.5 Å². The smallest absolute Gasteiger partial charge is 0.373 e. The number of para-hydroxylation sites is 1. The third-order valence-corrected chi connectivity index (χ3v) is 9.98. The molecular formula is C50H47FN16O5. The number of nitrogens with two attached hydrogens (primary N) is 2. The maximum Gasteiger partial charge on any atom is 0.373 e. The molecule has 22 heteroatoms. The summed E-state index contributed by atoms with van der Waals surface area (Å²) in [6.07, 6.45) is 4.02. The fourth-order valence-electron chi connectivity index (χ4n) is 6.70. The molecule has 0 spiro atoms. The quantitative estimate of drug-likeness (QED) is 0.146. The van der Waals surface area contributed by atoms with E-state index in [1.807, 2.05) is 55.5 Å². The number of carbonyl (C=O) groups excluding carboxylic acids is 4. The van der Waals surface area contributed by atoms with Crippen LogP contribution in [0.1, 0.15) is 82.4 Å². The van der Waals surface area contributed by atoms with Crippen molar-refractivity contribution in [2.24, 2.45) is 0 Å². The minimum atomic E-state index is -0.660. The van der Waals surface area contributed by atoms with Crippen LogP contribution >= 0.6 is 0 Å². The normalized spacial score (nSPS) is 10.6. The van der Waals surface area contributed by atoms with E-state index in [2.05, 4.69) is 88.2 Å². The summed E-state index contributed by atoms with van der Waals surface area (Å²) in [6, 6.07) is 29.1. The van der Waals surface area contributed by atoms with Crippen LogP contribution in [0.4, 0.5) is 16.3 Å². The molecule has 21 nitrogen and oxygen atoms in total. The maximum atomic E-state index is 14.6. The number of ether oxygens (including phenoxy) is 1. The standard InChI is InChI=1S/C25H26N8O.C23H21FN8.2CO2/c1-5-34-23-16(13-26)8-6-10-18(23)19-12-20(30-24(27)29-19)21-15-33(32-31-21)14-17-9-7-11-22(28-17)25(2,3)4;1-23(2,3)20-9-5-7-15(27-20)12-32-13-19(30-31-32)18-10-17(28-22(26)29-18)16-8-4-6-14(11-25)21(16)24;2*2-1-3/h6-12,15H,5,14H2,1-4H3,(H2,27,29,30);4-10,13H,12H2,1-3H3,(H2,26,28,29);;. The molecule has 0 atom stereocenters. The predicted octanol–water partition coefficient (Wildman–Crippen LogP) is 6.56. The lowest BCUT2D eigenvalue weighted by Gasteiger charge is -2.18. The zero-order valence-corrected chi connectivity index (χ0v) is 40.2. The van der Waals surface area contributed by atoms with Crippen molar-refractivity contribution < 1.29 is 28.3 Å². The molecule has 0 aliphatic heterocycles. The van der Waals surface area contributed by atoms with E-state index in [4.69, 9.17) is 50.6 Å². The molecule has 0 bridgehead atoms. The second-order valence-corrected chi connectivity index (χ2v) is 17.3. The van der Waals surface area contributed by atoms with Crippen molar-refractivity contribution in [2.75, 3.05) is 18.1 Å². The molecule has 0 saturated carbocycles. The molecule has 0 fully saturated rings. The molecule has 6 heterocycles. The first kappa shape index (κ1) is 53.2. The third-order valence-electron chi connectivity index (χ3n) is 9.98. The number of anilines is 2. The monoisotopic (exact) mass is 970 g/mol. The molecule has 0 aliphatic carbocycles. The topological polar surface area (TPSA) is 316 Å². The number of rotatable bonds is 10. The summed E-state index contributed by atoms with van der Waals surface area (Å²) < 4.78 is 23.7. The minimum Gasteiger partial charge on any atom is -0.492 e. The molecule has 0 saturated heterocycles. The highest BCUT2D eigenvalue weighted by molar-refractivity contribution is 5.75. The van der Waals surface area contributed by atoms with E-state index in [1.54, 1.807) is 52.1 Å². The molecular weight excluding hydrogens is 924 g/mol. The Morgan fingerprint density at radius 3 is 1.40 bits per heavy atom. The van der Waals surface area contributed by atoms with Gasteiger partial charge in [-0.25, -0.2) is 33.7 Å². The Bertz CT molecular complexity index is 3320. The predicted molar refractivity (Wildman–Crippen MR) is 256 cm³/mol. The molecule has 8 aromatic rings. The molecule has 0 aliphatic rings. The van der Waals surface area contributed by atoms with Crippen LogP contribution in [0.2, 0.25) is 0 Å². The third kappa shape index (κ3) is 13.9. The average molecular weight is 971 g/mol. The summed E-state index contributed by atoms with van der Waals surface area (Å²) in [5.74, 6) is -0.141. The molecule has 72 heavy (non-hydrogen) atoms. The summed E-state index contributed by atoms with van der Waals surface area (Å²) in [4.78, 5) is 59.0. The number of nitriles is 2. The average Bonchev–Trinajstić information content (AvgIpc) is 4.02. The Balaban J connectivity index is 0.000000242. The van der Waals surface area contributed by atoms with Gasteiger partial charge in [0.15, 0.2) is 0 Å². The van der Waals surface area contributed by atoms with Gasteiger partial charge in [-0.05, 0) is 67.6 Å². The molecule has 0 amide bonds. The number of benzene rings is 2. The van der Waals surface area contributed by atoms with E-state index < -0.39 is 5.82 Å². The second kappa shape index (κ2) is 24.0. The van der Waals surface area contributed by atoms with Gasteiger partial charge in [-0.1, -0.05) is 76.2 Å². The van der Waals surface area contributed by atoms with Crippen LogP contribution in [0.25, 0.3) is 45.3 Å². The summed E-state index contributed by atoms with van der Waals surface area (Å²) in [6.45, 7) is 15.9. The van der Waals surface area contributed by atoms with Crippen LogP contribution < -0.4 is 16.2 Å². The molecule has 2 aromatic carbocycles. The number of pyridine rings is 2. The highest BCUT2D eigenvalue weighted by atomic mass is 19.1. The second-order valence-electron chi connectivity index (χ2n) is 17.3. The van der Waals surface area contributed by atoms with Crippen molar-refractivity contribution in [1.82, 2.24) is 59.9 Å². The molecule has 364 valence electrons. The highest BCUT2D eigenvalue weighted by Crippen LogP contribution is 2.34. The number of nitrogens with zero attached hydrogens (tertiary/aromatic N) is 14. The van der Waals surface area contributed by atoms with Gasteiger partial charge in [0, 0.05) is 33.3 Å². The lowest BCUT2D eigenvalue weighted by atomic mass is 9.91. The molecule has 0 radical (unpaired) electrons. The fraction of sp³-hybridized carbons (Fsp3) is 0.240. The first-order chi connectivity index (χ1) is 34.3. The lowest BCUT2D eigenvalue weighted by molar-refractivity contribution is -0.193. The van der Waals surface area contributed by atoms with E-state index in [0.717, 1.165) is 22.8 Å². The minimum absolute atomic E-state index is 0.0339. The first-order valence-corrected chi connectivity index (χ1v) is 21.7. The van der Waals surface area contributed by atoms with Crippen LogP contribution in [-0.2, 0) is 43.1 Å². The van der Waals surface area contributed by atoms with Crippen molar-refractivity contribution in [3.63, 3.8) is 0 Å². The van der Waals surface area contributed by atoms with E-state index in [0.29, 0.717) is 65.0 Å². The van der Waals surface area contributed by atoms with Gasteiger partial charge >= 0.3 is 12.3 Å². The summed E-state index contributed by atoms with van der Waals surface area (Å²) in [5.41, 5.74) is 19.5. The summed E-state index contributed by atoms with van der Waals surface area (Å²) in [5, 5.41) is 35.4. The van der Waals surface area contributed by atoms with Crippen LogP contribution in [-0.4, -0.2) is 78.8 Å². The van der Waals surface area contributed by atoms with Gasteiger partial charge in [0.1, 0.15) is 35.1 Å².